The van der Waals surface area contributed by atoms with Crippen LogP contribution in [0.25, 0.3) is 5.57 Å². The van der Waals surface area contributed by atoms with E-state index in [1.807, 2.05) is 31.4 Å². The van der Waals surface area contributed by atoms with Crippen molar-refractivity contribution in [2.24, 2.45) is 0 Å². The van der Waals surface area contributed by atoms with Gasteiger partial charge in [-0.2, -0.15) is 0 Å². The normalized spacial score (nSPS) is 12.7. The highest BCUT2D eigenvalue weighted by molar-refractivity contribution is 7.10. The maximum Gasteiger partial charge on any atom is 0.156 e. The molecule has 0 aliphatic carbocycles. The van der Waals surface area contributed by atoms with Gasteiger partial charge in [0.25, 0.3) is 0 Å². The lowest BCUT2D eigenvalue weighted by atomic mass is 10.1. The minimum Gasteiger partial charge on any atom is -0.295 e. The van der Waals surface area contributed by atoms with Crippen LogP contribution in [0.15, 0.2) is 41.5 Å². The molecule has 2 nitrogen and oxygen atoms in total. The minimum atomic E-state index is 0.0663. The lowest BCUT2D eigenvalue weighted by molar-refractivity contribution is -0.113. The number of aromatic nitrogens is 1. The Morgan fingerprint density at radius 2 is 2.06 bits per heavy atom. The second-order valence-corrected chi connectivity index (χ2v) is 4.51. The summed E-state index contributed by atoms with van der Waals surface area (Å²) in [5, 5.41) is 2.77. The van der Waals surface area contributed by atoms with Gasteiger partial charge >= 0.3 is 0 Å². The van der Waals surface area contributed by atoms with Crippen LogP contribution < -0.4 is 0 Å². The predicted octanol–water partition coefficient (Wildman–Crippen LogP) is 3.64. The summed E-state index contributed by atoms with van der Waals surface area (Å²) in [4.78, 5) is 15.6. The average Bonchev–Trinajstić information content (AvgIpc) is 2.70. The molecule has 3 heteroatoms. The summed E-state index contributed by atoms with van der Waals surface area (Å²) < 4.78 is 0. The van der Waals surface area contributed by atoms with Crippen LogP contribution in [-0.2, 0) is 4.79 Å². The summed E-state index contributed by atoms with van der Waals surface area (Å²) in [6.07, 6.45) is 5.53. The van der Waals surface area contributed by atoms with Gasteiger partial charge in [-0.1, -0.05) is 24.3 Å². The molecule has 1 aromatic heterocycles. The molecule has 0 N–H and O–H groups in total. The first-order chi connectivity index (χ1) is 7.52. The first-order valence-electron chi connectivity index (χ1n) is 4.97. The van der Waals surface area contributed by atoms with Crippen LogP contribution in [0.2, 0.25) is 0 Å². The van der Waals surface area contributed by atoms with E-state index in [4.69, 9.17) is 0 Å². The van der Waals surface area contributed by atoms with Crippen LogP contribution in [0.3, 0.4) is 0 Å². The smallest absolute Gasteiger partial charge is 0.156 e. The molecule has 0 saturated carbocycles. The maximum absolute atomic E-state index is 11.4. The Kier molecular flexibility index (Phi) is 4.38. The Hall–Kier alpha value is -1.48. The van der Waals surface area contributed by atoms with Crippen LogP contribution in [0, 0.1) is 0 Å². The molecule has 0 fully saturated rings. The van der Waals surface area contributed by atoms with E-state index in [0.717, 1.165) is 21.7 Å². The highest BCUT2D eigenvalue weighted by Crippen LogP contribution is 2.23. The molecule has 1 heterocycles. The van der Waals surface area contributed by atoms with E-state index in [0.29, 0.717) is 0 Å². The number of thiazole rings is 1. The molecular weight excluding hydrogens is 218 g/mol. The van der Waals surface area contributed by atoms with Gasteiger partial charge in [0.15, 0.2) is 5.78 Å². The Morgan fingerprint density at radius 1 is 1.38 bits per heavy atom. The van der Waals surface area contributed by atoms with E-state index in [2.05, 4.69) is 11.6 Å². The molecule has 0 atom stereocenters. The van der Waals surface area contributed by atoms with Crippen molar-refractivity contribution in [3.8, 4) is 0 Å². The average molecular weight is 233 g/mol. The van der Waals surface area contributed by atoms with Crippen molar-refractivity contribution in [1.82, 2.24) is 4.98 Å². The Balaban J connectivity index is 3.20. The van der Waals surface area contributed by atoms with E-state index in [-0.39, 0.29) is 5.78 Å². The van der Waals surface area contributed by atoms with Gasteiger partial charge in [0.2, 0.25) is 0 Å². The number of allylic oxidation sites excluding steroid dienone is 5. The fraction of sp³-hybridized carbons (Fsp3) is 0.231. The second kappa shape index (κ2) is 5.56. The third-order valence-corrected chi connectivity index (χ3v) is 2.94. The molecule has 1 aromatic rings. The van der Waals surface area contributed by atoms with Crippen molar-refractivity contribution >= 4 is 22.7 Å². The summed E-state index contributed by atoms with van der Waals surface area (Å²) in [5.41, 5.74) is 2.56. The van der Waals surface area contributed by atoms with Crippen molar-refractivity contribution in [2.45, 2.75) is 20.8 Å². The molecule has 0 aromatic carbocycles. The topological polar surface area (TPSA) is 30.0 Å². The number of hydrogen-bond donors (Lipinski definition) is 0. The highest BCUT2D eigenvalue weighted by atomic mass is 32.1. The number of nitrogens with zero attached hydrogens (tertiary/aromatic N) is 1. The van der Waals surface area contributed by atoms with Gasteiger partial charge in [-0.15, -0.1) is 11.3 Å². The van der Waals surface area contributed by atoms with Gasteiger partial charge < -0.3 is 0 Å². The van der Waals surface area contributed by atoms with Crippen molar-refractivity contribution in [1.29, 1.82) is 0 Å². The maximum atomic E-state index is 11.4. The van der Waals surface area contributed by atoms with Crippen LogP contribution >= 0.6 is 11.3 Å². The van der Waals surface area contributed by atoms with Crippen molar-refractivity contribution in [3.63, 3.8) is 0 Å². The molecule has 84 valence electrons. The highest BCUT2D eigenvalue weighted by Gasteiger charge is 2.08. The number of Topliss-reactive ketones (excluding diaryl/α,β-unsaturated/α-hetero) is 1. The number of carbonyl (C=O) groups is 1. The third kappa shape index (κ3) is 3.28. The molecule has 0 saturated heterocycles. The summed E-state index contributed by atoms with van der Waals surface area (Å²) in [5.74, 6) is 0.0663. The second-order valence-electron chi connectivity index (χ2n) is 3.61. The van der Waals surface area contributed by atoms with Gasteiger partial charge in [-0.05, 0) is 20.8 Å². The van der Waals surface area contributed by atoms with Crippen molar-refractivity contribution in [3.05, 3.63) is 46.5 Å². The van der Waals surface area contributed by atoms with Crippen molar-refractivity contribution in [2.75, 3.05) is 0 Å². The number of rotatable bonds is 4. The van der Waals surface area contributed by atoms with E-state index < -0.39 is 0 Å². The minimum absolute atomic E-state index is 0.0663. The van der Waals surface area contributed by atoms with E-state index in [1.54, 1.807) is 13.1 Å². The van der Waals surface area contributed by atoms with Gasteiger partial charge in [-0.25, -0.2) is 4.98 Å². The van der Waals surface area contributed by atoms with Crippen LogP contribution in [-0.4, -0.2) is 10.8 Å². The molecule has 16 heavy (non-hydrogen) atoms. The standard InChI is InChI=1S/C13H15NOS/c1-9(2)5-6-12(10(3)11(4)15)13-14-7-8-16-13/h5-8H,1H2,2-4H3/b6-5-,12-10-. The van der Waals surface area contributed by atoms with E-state index >= 15 is 0 Å². The summed E-state index contributed by atoms with van der Waals surface area (Å²) in [6, 6.07) is 0. The van der Waals surface area contributed by atoms with E-state index in [9.17, 15) is 4.79 Å². The molecule has 0 radical (unpaired) electrons. The summed E-state index contributed by atoms with van der Waals surface area (Å²) in [6.45, 7) is 9.11. The Bertz CT molecular complexity index is 452. The quantitative estimate of drug-likeness (QED) is 0.587. The first-order valence-corrected chi connectivity index (χ1v) is 5.85. The van der Waals surface area contributed by atoms with Crippen LogP contribution in [0.1, 0.15) is 25.8 Å². The molecule has 0 amide bonds. The zero-order valence-electron chi connectivity index (χ0n) is 9.78. The molecule has 0 aliphatic rings. The van der Waals surface area contributed by atoms with Gasteiger partial charge in [0.1, 0.15) is 5.01 Å². The van der Waals surface area contributed by atoms with Gasteiger partial charge in [0.05, 0.1) is 0 Å². The largest absolute Gasteiger partial charge is 0.295 e. The monoisotopic (exact) mass is 233 g/mol. The first kappa shape index (κ1) is 12.6. The predicted molar refractivity (Wildman–Crippen MR) is 69.3 cm³/mol. The number of hydrogen-bond acceptors (Lipinski definition) is 3. The lowest BCUT2D eigenvalue weighted by Crippen LogP contribution is -1.96. The fourth-order valence-electron chi connectivity index (χ4n) is 1.13. The zero-order chi connectivity index (χ0) is 12.1. The Morgan fingerprint density at radius 3 is 2.50 bits per heavy atom. The third-order valence-electron chi connectivity index (χ3n) is 2.13. The molecule has 0 spiro atoms. The molecule has 0 unspecified atom stereocenters. The molecule has 1 rings (SSSR count). The van der Waals surface area contributed by atoms with Crippen molar-refractivity contribution < 1.29 is 4.79 Å². The van der Waals surface area contributed by atoms with E-state index in [1.165, 1.54) is 11.3 Å². The number of carbonyl (C=O) groups excluding carboxylic acids is 1. The van der Waals surface area contributed by atoms with Crippen LogP contribution in [0.4, 0.5) is 0 Å². The molecule has 0 bridgehead atoms. The van der Waals surface area contributed by atoms with Crippen LogP contribution in [0.5, 0.6) is 0 Å². The summed E-state index contributed by atoms with van der Waals surface area (Å²) in [7, 11) is 0. The molecular formula is C13H15NOS. The Labute approximate surface area is 100 Å². The fourth-order valence-corrected chi connectivity index (χ4v) is 1.85. The van der Waals surface area contributed by atoms with Gasteiger partial charge in [0, 0.05) is 22.7 Å². The van der Waals surface area contributed by atoms with Gasteiger partial charge in [-0.3, -0.25) is 4.79 Å². The zero-order valence-corrected chi connectivity index (χ0v) is 10.6. The number of ketones is 1. The molecule has 0 aliphatic heterocycles. The summed E-state index contributed by atoms with van der Waals surface area (Å²) >= 11 is 1.53. The SMILES string of the molecule is C=C(C)/C=C\C(=C(/C)C(C)=O)c1nccs1. The lowest BCUT2D eigenvalue weighted by Gasteiger charge is -2.02.